The third-order valence-corrected chi connectivity index (χ3v) is 5.54. The summed E-state index contributed by atoms with van der Waals surface area (Å²) in [5.41, 5.74) is 6.00. The molecule has 0 saturated heterocycles. The third-order valence-electron chi connectivity index (χ3n) is 4.60. The lowest BCUT2D eigenvalue weighted by Gasteiger charge is -2.43. The van der Waals surface area contributed by atoms with Gasteiger partial charge in [0.05, 0.1) is 0 Å². The fraction of sp³-hybridized carbons (Fsp3) is 0.750. The van der Waals surface area contributed by atoms with Crippen molar-refractivity contribution in [1.29, 1.82) is 0 Å². The minimum absolute atomic E-state index is 0.539. The van der Waals surface area contributed by atoms with Gasteiger partial charge in [0, 0.05) is 17.0 Å². The molecule has 1 saturated carbocycles. The van der Waals surface area contributed by atoms with Crippen LogP contribution in [0, 0.1) is 11.8 Å². The Morgan fingerprint density at radius 2 is 2.11 bits per heavy atom. The van der Waals surface area contributed by atoms with Crippen LogP contribution in [-0.2, 0) is 0 Å². The maximum atomic E-state index is 6.00. The van der Waals surface area contributed by atoms with Gasteiger partial charge in [-0.25, -0.2) is 0 Å². The summed E-state index contributed by atoms with van der Waals surface area (Å²) in [6.07, 6.45) is 5.34. The summed E-state index contributed by atoms with van der Waals surface area (Å²) < 4.78 is 0. The normalized spacial score (nSPS) is 26.0. The van der Waals surface area contributed by atoms with Gasteiger partial charge in [-0.05, 0) is 49.7 Å². The maximum Gasteiger partial charge on any atom is 0.0464 e. The number of rotatable bonds is 5. The molecule has 0 radical (unpaired) electrons. The second kappa shape index (κ2) is 6.87. The Kier molecular flexibility index (Phi) is 5.43. The van der Waals surface area contributed by atoms with Crippen LogP contribution in [0.3, 0.4) is 0 Å². The Morgan fingerprint density at radius 3 is 2.68 bits per heavy atom. The van der Waals surface area contributed by atoms with Gasteiger partial charge in [-0.2, -0.15) is 0 Å². The average molecular weight is 280 g/mol. The van der Waals surface area contributed by atoms with Crippen LogP contribution >= 0.6 is 11.3 Å². The molecule has 19 heavy (non-hydrogen) atoms. The molecule has 3 unspecified atom stereocenters. The first kappa shape index (κ1) is 15.0. The molecular formula is C16H28N2S. The van der Waals surface area contributed by atoms with E-state index in [0.29, 0.717) is 23.9 Å². The number of nitrogens with zero attached hydrogens (tertiary/aromatic N) is 1. The van der Waals surface area contributed by atoms with E-state index in [0.717, 1.165) is 6.54 Å². The van der Waals surface area contributed by atoms with E-state index in [1.807, 2.05) is 11.3 Å². The molecule has 0 aromatic carbocycles. The SMILES string of the molecule is CC(C)C(c1cccs1)N(C)C1CCCCC1CN. The Balaban J connectivity index is 2.16. The van der Waals surface area contributed by atoms with E-state index in [2.05, 4.69) is 43.3 Å². The third kappa shape index (κ3) is 3.39. The van der Waals surface area contributed by atoms with Crippen molar-refractivity contribution in [3.63, 3.8) is 0 Å². The standard InChI is InChI=1S/C16H28N2S/c1-12(2)16(15-9-6-10-19-15)18(3)14-8-5-4-7-13(14)11-17/h6,9-10,12-14,16H,4-5,7-8,11,17H2,1-3H3. The maximum absolute atomic E-state index is 6.00. The van der Waals surface area contributed by atoms with Gasteiger partial charge in [-0.3, -0.25) is 4.90 Å². The Morgan fingerprint density at radius 1 is 1.37 bits per heavy atom. The first-order chi connectivity index (χ1) is 9.15. The summed E-state index contributed by atoms with van der Waals surface area (Å²) in [6.45, 7) is 5.51. The fourth-order valence-electron chi connectivity index (χ4n) is 3.66. The van der Waals surface area contributed by atoms with Gasteiger partial charge < -0.3 is 5.73 Å². The average Bonchev–Trinajstić information content (AvgIpc) is 2.92. The van der Waals surface area contributed by atoms with Crippen LogP contribution in [0.15, 0.2) is 17.5 Å². The molecule has 2 rings (SSSR count). The Labute approximate surface area is 122 Å². The molecule has 3 atom stereocenters. The van der Waals surface area contributed by atoms with Crippen LogP contribution in [0.1, 0.15) is 50.4 Å². The number of hydrogen-bond donors (Lipinski definition) is 1. The molecule has 2 nitrogen and oxygen atoms in total. The van der Waals surface area contributed by atoms with E-state index in [1.54, 1.807) is 0 Å². The second-order valence-electron chi connectivity index (χ2n) is 6.22. The fourth-order valence-corrected chi connectivity index (χ4v) is 4.71. The van der Waals surface area contributed by atoms with Crippen molar-refractivity contribution in [3.05, 3.63) is 22.4 Å². The van der Waals surface area contributed by atoms with E-state index >= 15 is 0 Å². The van der Waals surface area contributed by atoms with E-state index in [9.17, 15) is 0 Å². The van der Waals surface area contributed by atoms with Crippen molar-refractivity contribution in [3.8, 4) is 0 Å². The van der Waals surface area contributed by atoms with Gasteiger partial charge in [0.15, 0.2) is 0 Å². The molecule has 0 aliphatic heterocycles. The van der Waals surface area contributed by atoms with Crippen molar-refractivity contribution in [2.45, 2.75) is 51.6 Å². The van der Waals surface area contributed by atoms with Crippen molar-refractivity contribution in [2.24, 2.45) is 17.6 Å². The van der Waals surface area contributed by atoms with Crippen LogP contribution in [-0.4, -0.2) is 24.5 Å². The van der Waals surface area contributed by atoms with Crippen molar-refractivity contribution >= 4 is 11.3 Å². The largest absolute Gasteiger partial charge is 0.330 e. The molecule has 2 N–H and O–H groups in total. The zero-order valence-corrected chi connectivity index (χ0v) is 13.3. The quantitative estimate of drug-likeness (QED) is 0.886. The molecule has 1 aliphatic rings. The van der Waals surface area contributed by atoms with Gasteiger partial charge in [0.2, 0.25) is 0 Å². The van der Waals surface area contributed by atoms with E-state index < -0.39 is 0 Å². The molecule has 3 heteroatoms. The summed E-state index contributed by atoms with van der Waals surface area (Å²) in [4.78, 5) is 4.12. The lowest BCUT2D eigenvalue weighted by molar-refractivity contribution is 0.0719. The zero-order valence-electron chi connectivity index (χ0n) is 12.5. The molecule has 0 amide bonds. The zero-order chi connectivity index (χ0) is 13.8. The van der Waals surface area contributed by atoms with E-state index in [-0.39, 0.29) is 0 Å². The molecule has 1 aromatic heterocycles. The van der Waals surface area contributed by atoms with Gasteiger partial charge in [-0.15, -0.1) is 11.3 Å². The Hall–Kier alpha value is -0.380. The smallest absolute Gasteiger partial charge is 0.0464 e. The monoisotopic (exact) mass is 280 g/mol. The predicted octanol–water partition coefficient (Wildman–Crippen LogP) is 3.89. The van der Waals surface area contributed by atoms with Gasteiger partial charge in [0.1, 0.15) is 0 Å². The van der Waals surface area contributed by atoms with Gasteiger partial charge >= 0.3 is 0 Å². The first-order valence-electron chi connectivity index (χ1n) is 7.60. The highest BCUT2D eigenvalue weighted by molar-refractivity contribution is 7.10. The first-order valence-corrected chi connectivity index (χ1v) is 8.48. The molecule has 0 spiro atoms. The van der Waals surface area contributed by atoms with Crippen molar-refractivity contribution in [1.82, 2.24) is 4.90 Å². The molecule has 0 bridgehead atoms. The highest BCUT2D eigenvalue weighted by atomic mass is 32.1. The second-order valence-corrected chi connectivity index (χ2v) is 7.20. The molecular weight excluding hydrogens is 252 g/mol. The molecule has 108 valence electrons. The molecule has 1 heterocycles. The van der Waals surface area contributed by atoms with E-state index in [1.165, 1.54) is 30.6 Å². The molecule has 1 aromatic rings. The van der Waals surface area contributed by atoms with Crippen LogP contribution in [0.5, 0.6) is 0 Å². The minimum atomic E-state index is 0.539. The van der Waals surface area contributed by atoms with E-state index in [4.69, 9.17) is 5.73 Å². The highest BCUT2D eigenvalue weighted by Gasteiger charge is 2.33. The van der Waals surface area contributed by atoms with Crippen LogP contribution in [0.4, 0.5) is 0 Å². The minimum Gasteiger partial charge on any atom is -0.330 e. The number of nitrogens with two attached hydrogens (primary N) is 1. The number of hydrogen-bond acceptors (Lipinski definition) is 3. The Bertz CT molecular complexity index is 361. The predicted molar refractivity (Wildman–Crippen MR) is 84.5 cm³/mol. The lowest BCUT2D eigenvalue weighted by Crippen LogP contribution is -2.45. The van der Waals surface area contributed by atoms with Crippen molar-refractivity contribution in [2.75, 3.05) is 13.6 Å². The van der Waals surface area contributed by atoms with Crippen molar-refractivity contribution < 1.29 is 0 Å². The molecule has 1 fully saturated rings. The van der Waals surface area contributed by atoms with Gasteiger partial charge in [-0.1, -0.05) is 32.8 Å². The van der Waals surface area contributed by atoms with Crippen LogP contribution in [0.25, 0.3) is 0 Å². The van der Waals surface area contributed by atoms with Gasteiger partial charge in [0.25, 0.3) is 0 Å². The van der Waals surface area contributed by atoms with Crippen LogP contribution < -0.4 is 5.73 Å². The summed E-state index contributed by atoms with van der Waals surface area (Å²) in [5.74, 6) is 1.32. The number of thiophene rings is 1. The summed E-state index contributed by atoms with van der Waals surface area (Å²) >= 11 is 1.89. The summed E-state index contributed by atoms with van der Waals surface area (Å²) in [7, 11) is 2.31. The lowest BCUT2D eigenvalue weighted by atomic mass is 9.82. The molecule has 1 aliphatic carbocycles. The topological polar surface area (TPSA) is 29.3 Å². The summed E-state index contributed by atoms with van der Waals surface area (Å²) in [6, 6.07) is 5.65. The van der Waals surface area contributed by atoms with Crippen LogP contribution in [0.2, 0.25) is 0 Å². The highest BCUT2D eigenvalue weighted by Crippen LogP contribution is 2.37. The summed E-state index contributed by atoms with van der Waals surface area (Å²) in [5, 5.41) is 2.19.